The van der Waals surface area contributed by atoms with E-state index in [4.69, 9.17) is 0 Å². The molecule has 0 aromatic heterocycles. The molecule has 0 aliphatic carbocycles. The minimum Gasteiger partial charge on any atom is -0.344 e. The van der Waals surface area contributed by atoms with Crippen LogP contribution in [0, 0.1) is 0 Å². The van der Waals surface area contributed by atoms with Gasteiger partial charge < -0.3 is 6.15 Å². The zero-order valence-corrected chi connectivity index (χ0v) is 6.58. The topological polar surface area (TPSA) is 63.5 Å². The van der Waals surface area contributed by atoms with Crippen LogP contribution >= 0.6 is 9.90 Å². The fourth-order valence-corrected chi connectivity index (χ4v) is 0. The Morgan fingerprint density at radius 3 is 1.00 bits per heavy atom. The zero-order valence-electron chi connectivity index (χ0n) is 2.56. The maximum absolute atomic E-state index is 0. The molecule has 3 N–H and O–H groups in total. The van der Waals surface area contributed by atoms with Crippen LogP contribution in [0.15, 0.2) is 0 Å². The molecule has 0 aliphatic rings. The van der Waals surface area contributed by atoms with E-state index in [-0.39, 0.29) is 72.9 Å². The van der Waals surface area contributed by atoms with Crippen LogP contribution < -0.4 is 6.15 Å². The summed E-state index contributed by atoms with van der Waals surface area (Å²) in [7, 11) is 0. The van der Waals surface area contributed by atoms with Crippen LogP contribution in [-0.2, 0) is 5.48 Å². The summed E-state index contributed by atoms with van der Waals surface area (Å²) in [5.41, 5.74) is 0. The van der Waals surface area contributed by atoms with Crippen LogP contribution in [0.5, 0.6) is 0 Å². The molecule has 0 aromatic rings. The Kier molecular flexibility index (Phi) is 189. The van der Waals surface area contributed by atoms with Gasteiger partial charge in [0.1, 0.15) is 0 Å². The largest absolute Gasteiger partial charge is 0.344 e. The Balaban J connectivity index is 0. The van der Waals surface area contributed by atoms with Gasteiger partial charge in [-0.15, -0.1) is 0 Å². The van der Waals surface area contributed by atoms with Gasteiger partial charge in [-0.05, 0) is 0 Å². The summed E-state index contributed by atoms with van der Waals surface area (Å²) in [5.74, 6) is 0. The van der Waals surface area contributed by atoms with E-state index in [0.717, 1.165) is 0 Å². The monoisotopic (exact) mass is 103 g/mol. The van der Waals surface area contributed by atoms with Crippen LogP contribution in [0.1, 0.15) is 0 Å². The standard InChI is InChI=1S/K.H3N.O.P/h;1H3;;. The van der Waals surface area contributed by atoms with Gasteiger partial charge in [0.15, 0.2) is 0 Å². The van der Waals surface area contributed by atoms with E-state index in [2.05, 4.69) is 0 Å². The molecule has 0 spiro atoms. The molecule has 0 heterocycles. The molecular formula is H3KNOP. The predicted octanol–water partition coefficient (Wildman–Crippen LogP) is 0.524. The maximum Gasteiger partial charge on any atom is 0 e. The van der Waals surface area contributed by atoms with Crippen molar-refractivity contribution in [1.29, 1.82) is 0 Å². The van der Waals surface area contributed by atoms with Gasteiger partial charge in [0.2, 0.25) is 0 Å². The average Bonchev–Trinajstić information content (AvgIpc) is 0. The zero-order chi connectivity index (χ0) is 0. The van der Waals surface area contributed by atoms with Gasteiger partial charge in [-0.3, -0.25) is 0 Å². The third-order valence-corrected chi connectivity index (χ3v) is 0. The fraction of sp³-hybridized carbons (Fsp3) is 0. The molecule has 0 bridgehead atoms. The van der Waals surface area contributed by atoms with Crippen molar-refractivity contribution in [2.75, 3.05) is 0 Å². The summed E-state index contributed by atoms with van der Waals surface area (Å²) in [6.45, 7) is 0. The minimum absolute atomic E-state index is 0. The Bertz CT molecular complexity index is 8.00. The van der Waals surface area contributed by atoms with Gasteiger partial charge in [0, 0.05) is 66.8 Å². The van der Waals surface area contributed by atoms with E-state index >= 15 is 0 Å². The fourth-order valence-electron chi connectivity index (χ4n) is 0. The van der Waals surface area contributed by atoms with Gasteiger partial charge in [-0.1, -0.05) is 0 Å². The normalized spacial score (nSPS) is 0. The summed E-state index contributed by atoms with van der Waals surface area (Å²) < 4.78 is 0. The van der Waals surface area contributed by atoms with Crippen molar-refractivity contribution in [2.45, 2.75) is 0 Å². The summed E-state index contributed by atoms with van der Waals surface area (Å²) >= 11 is 0. The Labute approximate surface area is 71.7 Å². The Morgan fingerprint density at radius 2 is 1.00 bits per heavy atom. The van der Waals surface area contributed by atoms with E-state index in [1.807, 2.05) is 0 Å². The molecular weight excluding hydrogens is 100 g/mol. The predicted molar refractivity (Wildman–Crippen MR) is 18.4 cm³/mol. The van der Waals surface area contributed by atoms with Crippen molar-refractivity contribution in [3.8, 4) is 0 Å². The minimum atomic E-state index is 0. The van der Waals surface area contributed by atoms with E-state index in [1.165, 1.54) is 0 Å². The molecule has 0 aromatic carbocycles. The summed E-state index contributed by atoms with van der Waals surface area (Å²) in [4.78, 5) is 0. The van der Waals surface area contributed by atoms with Crippen LogP contribution in [0.2, 0.25) is 0 Å². The molecule has 0 saturated carbocycles. The molecule has 0 saturated heterocycles. The number of hydrogen-bond acceptors (Lipinski definition) is 1. The summed E-state index contributed by atoms with van der Waals surface area (Å²) in [5, 5.41) is 0. The molecule has 4 heavy (non-hydrogen) atoms. The van der Waals surface area contributed by atoms with E-state index in [0.29, 0.717) is 0 Å². The van der Waals surface area contributed by atoms with Gasteiger partial charge >= 0.3 is 0 Å². The van der Waals surface area contributed by atoms with Crippen molar-refractivity contribution < 1.29 is 5.48 Å². The van der Waals surface area contributed by atoms with E-state index in [1.54, 1.807) is 0 Å². The average molecular weight is 103 g/mol. The maximum atomic E-state index is 0. The van der Waals surface area contributed by atoms with Crippen LogP contribution in [0.3, 0.4) is 0 Å². The van der Waals surface area contributed by atoms with Crippen LogP contribution in [0.4, 0.5) is 0 Å². The van der Waals surface area contributed by atoms with E-state index in [9.17, 15) is 0 Å². The molecule has 6 radical (unpaired) electrons. The molecule has 0 unspecified atom stereocenters. The first-order valence-electron chi connectivity index (χ1n) is 0. The quantitative estimate of drug-likeness (QED) is 0.352. The van der Waals surface area contributed by atoms with E-state index < -0.39 is 0 Å². The molecule has 0 rings (SSSR count). The molecule has 0 amide bonds. The van der Waals surface area contributed by atoms with Crippen molar-refractivity contribution in [3.05, 3.63) is 0 Å². The van der Waals surface area contributed by atoms with Crippen molar-refractivity contribution in [1.82, 2.24) is 6.15 Å². The van der Waals surface area contributed by atoms with Gasteiger partial charge in [-0.2, -0.15) is 0 Å². The van der Waals surface area contributed by atoms with Crippen LogP contribution in [0.25, 0.3) is 0 Å². The smallest absolute Gasteiger partial charge is 0 e. The Hall–Kier alpha value is 1.99. The molecule has 0 atom stereocenters. The Morgan fingerprint density at radius 1 is 1.00 bits per heavy atom. The SMILES string of the molecule is N.[K].[O].[P]. The van der Waals surface area contributed by atoms with Crippen molar-refractivity contribution in [3.63, 3.8) is 0 Å². The van der Waals surface area contributed by atoms with Crippen LogP contribution in [-0.4, -0.2) is 51.4 Å². The summed E-state index contributed by atoms with van der Waals surface area (Å²) in [6, 6.07) is 0. The van der Waals surface area contributed by atoms with Gasteiger partial charge in [0.05, 0.1) is 0 Å². The number of rotatable bonds is 0. The second-order valence-corrected chi connectivity index (χ2v) is 0. The second-order valence-electron chi connectivity index (χ2n) is 0. The summed E-state index contributed by atoms with van der Waals surface area (Å²) in [6.07, 6.45) is 0. The molecule has 2 nitrogen and oxygen atoms in total. The second kappa shape index (κ2) is 20.1. The molecule has 4 heteroatoms. The van der Waals surface area contributed by atoms with Crippen molar-refractivity contribution in [2.24, 2.45) is 0 Å². The van der Waals surface area contributed by atoms with Gasteiger partial charge in [-0.25, -0.2) is 0 Å². The first kappa shape index (κ1) is 37.7. The first-order chi connectivity index (χ1) is 0. The molecule has 0 fully saturated rings. The first-order valence-corrected chi connectivity index (χ1v) is 0. The van der Waals surface area contributed by atoms with Crippen molar-refractivity contribution >= 4 is 61.3 Å². The third-order valence-electron chi connectivity index (χ3n) is 0. The molecule has 0 aliphatic heterocycles. The third kappa shape index (κ3) is 9.01. The number of hydrogen-bond donors (Lipinski definition) is 1. The molecule has 20 valence electrons. The van der Waals surface area contributed by atoms with Gasteiger partial charge in [0.25, 0.3) is 0 Å².